The lowest BCUT2D eigenvalue weighted by Crippen LogP contribution is -2.18. The van der Waals surface area contributed by atoms with Crippen molar-refractivity contribution in [2.45, 2.75) is 20.0 Å². The standard InChI is InChI=1S/C16H18FNO/c1-11-4-3-5-13(8-11)16(10-18)19-14-6-7-15(17)12(2)9-14/h3-9,16H,10,18H2,1-2H3. The van der Waals surface area contributed by atoms with Gasteiger partial charge in [-0.1, -0.05) is 29.8 Å². The number of rotatable bonds is 4. The third kappa shape index (κ3) is 3.32. The van der Waals surface area contributed by atoms with Crippen molar-refractivity contribution in [2.75, 3.05) is 6.54 Å². The number of ether oxygens (including phenoxy) is 1. The van der Waals surface area contributed by atoms with Crippen LogP contribution in [0.3, 0.4) is 0 Å². The number of hydrogen-bond donors (Lipinski definition) is 1. The molecule has 0 aliphatic rings. The Morgan fingerprint density at radius 1 is 1.16 bits per heavy atom. The molecule has 0 aliphatic carbocycles. The SMILES string of the molecule is Cc1cccc(C(CN)Oc2ccc(F)c(C)c2)c1. The monoisotopic (exact) mass is 259 g/mol. The predicted octanol–water partition coefficient (Wildman–Crippen LogP) is 3.52. The highest BCUT2D eigenvalue weighted by atomic mass is 19.1. The minimum absolute atomic E-state index is 0.218. The summed E-state index contributed by atoms with van der Waals surface area (Å²) in [6.07, 6.45) is -0.218. The maximum atomic E-state index is 13.2. The fourth-order valence-corrected chi connectivity index (χ4v) is 1.98. The summed E-state index contributed by atoms with van der Waals surface area (Å²) in [5.74, 6) is 0.406. The van der Waals surface area contributed by atoms with E-state index in [1.165, 1.54) is 6.07 Å². The lowest BCUT2D eigenvalue weighted by molar-refractivity contribution is 0.214. The third-order valence-electron chi connectivity index (χ3n) is 3.04. The summed E-state index contributed by atoms with van der Waals surface area (Å²) >= 11 is 0. The highest BCUT2D eigenvalue weighted by molar-refractivity contribution is 5.31. The molecule has 2 nitrogen and oxygen atoms in total. The van der Waals surface area contributed by atoms with E-state index in [1.807, 2.05) is 31.2 Å². The van der Waals surface area contributed by atoms with Crippen LogP contribution in [0.25, 0.3) is 0 Å². The van der Waals surface area contributed by atoms with Crippen molar-refractivity contribution in [3.63, 3.8) is 0 Å². The lowest BCUT2D eigenvalue weighted by Gasteiger charge is -2.18. The van der Waals surface area contributed by atoms with Crippen molar-refractivity contribution in [3.05, 3.63) is 65.0 Å². The van der Waals surface area contributed by atoms with Gasteiger partial charge < -0.3 is 10.5 Å². The molecule has 19 heavy (non-hydrogen) atoms. The van der Waals surface area contributed by atoms with Gasteiger partial charge in [-0.2, -0.15) is 0 Å². The Morgan fingerprint density at radius 3 is 2.58 bits per heavy atom. The second-order valence-corrected chi connectivity index (χ2v) is 4.67. The van der Waals surface area contributed by atoms with Gasteiger partial charge >= 0.3 is 0 Å². The van der Waals surface area contributed by atoms with E-state index in [-0.39, 0.29) is 11.9 Å². The van der Waals surface area contributed by atoms with Gasteiger partial charge in [0.15, 0.2) is 0 Å². The Bertz CT molecular complexity index is 568. The van der Waals surface area contributed by atoms with Crippen molar-refractivity contribution in [1.82, 2.24) is 0 Å². The normalized spacial score (nSPS) is 12.2. The minimum atomic E-state index is -0.229. The highest BCUT2D eigenvalue weighted by Gasteiger charge is 2.12. The van der Waals surface area contributed by atoms with Gasteiger partial charge in [-0.3, -0.25) is 0 Å². The van der Waals surface area contributed by atoms with Gasteiger partial charge in [0.1, 0.15) is 17.7 Å². The molecule has 2 rings (SSSR count). The fraction of sp³-hybridized carbons (Fsp3) is 0.250. The number of nitrogens with two attached hydrogens (primary N) is 1. The van der Waals surface area contributed by atoms with Crippen LogP contribution in [0, 0.1) is 19.7 Å². The zero-order valence-corrected chi connectivity index (χ0v) is 11.2. The molecule has 0 bridgehead atoms. The average Bonchev–Trinajstić information content (AvgIpc) is 2.40. The lowest BCUT2D eigenvalue weighted by atomic mass is 10.1. The molecule has 1 unspecified atom stereocenters. The van der Waals surface area contributed by atoms with Crippen LogP contribution < -0.4 is 10.5 Å². The topological polar surface area (TPSA) is 35.2 Å². The Balaban J connectivity index is 2.21. The number of hydrogen-bond acceptors (Lipinski definition) is 2. The average molecular weight is 259 g/mol. The van der Waals surface area contributed by atoms with E-state index in [1.54, 1.807) is 19.1 Å². The molecule has 0 radical (unpaired) electrons. The van der Waals surface area contributed by atoms with Crippen molar-refractivity contribution in [3.8, 4) is 5.75 Å². The van der Waals surface area contributed by atoms with Gasteiger partial charge in [0.2, 0.25) is 0 Å². The first-order chi connectivity index (χ1) is 9.10. The van der Waals surface area contributed by atoms with E-state index in [0.717, 1.165) is 11.1 Å². The first-order valence-electron chi connectivity index (χ1n) is 6.29. The van der Waals surface area contributed by atoms with Crippen molar-refractivity contribution < 1.29 is 9.13 Å². The fourth-order valence-electron chi connectivity index (χ4n) is 1.98. The van der Waals surface area contributed by atoms with Crippen LogP contribution in [0.15, 0.2) is 42.5 Å². The van der Waals surface area contributed by atoms with E-state index < -0.39 is 0 Å². The Kier molecular flexibility index (Phi) is 4.17. The maximum absolute atomic E-state index is 13.2. The summed E-state index contributed by atoms with van der Waals surface area (Å²) in [6, 6.07) is 12.8. The van der Waals surface area contributed by atoms with Gasteiger partial charge in [0.25, 0.3) is 0 Å². The molecular weight excluding hydrogens is 241 g/mol. The van der Waals surface area contributed by atoms with Gasteiger partial charge in [-0.25, -0.2) is 4.39 Å². The second-order valence-electron chi connectivity index (χ2n) is 4.67. The minimum Gasteiger partial charge on any atom is -0.484 e. The smallest absolute Gasteiger partial charge is 0.136 e. The molecule has 0 aromatic heterocycles. The van der Waals surface area contributed by atoms with Crippen molar-refractivity contribution in [1.29, 1.82) is 0 Å². The zero-order chi connectivity index (χ0) is 13.8. The Hall–Kier alpha value is -1.87. The van der Waals surface area contributed by atoms with Crippen LogP contribution in [-0.4, -0.2) is 6.54 Å². The maximum Gasteiger partial charge on any atom is 0.136 e. The molecule has 0 aliphatic heterocycles. The number of halogens is 1. The summed E-state index contributed by atoms with van der Waals surface area (Å²) in [6.45, 7) is 4.12. The van der Waals surface area contributed by atoms with Crippen LogP contribution in [0.5, 0.6) is 5.75 Å². The van der Waals surface area contributed by atoms with Crippen LogP contribution in [0.1, 0.15) is 22.8 Å². The quantitative estimate of drug-likeness (QED) is 0.911. The molecule has 0 saturated heterocycles. The van der Waals surface area contributed by atoms with Crippen LogP contribution in [0.4, 0.5) is 4.39 Å². The van der Waals surface area contributed by atoms with Crippen LogP contribution >= 0.6 is 0 Å². The molecule has 2 aromatic carbocycles. The molecule has 1 atom stereocenters. The molecule has 0 heterocycles. The molecule has 2 N–H and O–H groups in total. The van der Waals surface area contributed by atoms with Gasteiger partial charge in [-0.05, 0) is 43.2 Å². The van der Waals surface area contributed by atoms with E-state index in [9.17, 15) is 4.39 Å². The largest absolute Gasteiger partial charge is 0.484 e. The van der Waals surface area contributed by atoms with Gasteiger partial charge in [0.05, 0.1) is 0 Å². The van der Waals surface area contributed by atoms with Crippen LogP contribution in [-0.2, 0) is 0 Å². The van der Waals surface area contributed by atoms with Crippen LogP contribution in [0.2, 0.25) is 0 Å². The van der Waals surface area contributed by atoms with Crippen molar-refractivity contribution >= 4 is 0 Å². The summed E-state index contributed by atoms with van der Waals surface area (Å²) < 4.78 is 19.1. The van der Waals surface area contributed by atoms with Crippen molar-refractivity contribution in [2.24, 2.45) is 5.73 Å². The summed E-state index contributed by atoms with van der Waals surface area (Å²) in [4.78, 5) is 0. The molecule has 0 fully saturated rings. The first kappa shape index (κ1) is 13.6. The van der Waals surface area contributed by atoms with E-state index in [2.05, 4.69) is 0 Å². The Morgan fingerprint density at radius 2 is 1.95 bits per heavy atom. The van der Waals surface area contributed by atoms with E-state index in [0.29, 0.717) is 17.9 Å². The number of aryl methyl sites for hydroxylation is 2. The molecule has 2 aromatic rings. The first-order valence-corrected chi connectivity index (χ1v) is 6.29. The molecule has 0 saturated carbocycles. The molecule has 0 amide bonds. The molecule has 0 spiro atoms. The summed E-state index contributed by atoms with van der Waals surface area (Å²) in [5, 5.41) is 0. The Labute approximate surface area is 113 Å². The summed E-state index contributed by atoms with van der Waals surface area (Å²) in [5.41, 5.74) is 8.53. The zero-order valence-electron chi connectivity index (χ0n) is 11.2. The van der Waals surface area contributed by atoms with Gasteiger partial charge in [-0.15, -0.1) is 0 Å². The van der Waals surface area contributed by atoms with Gasteiger partial charge in [0, 0.05) is 6.54 Å². The molecular formula is C16H18FNO. The number of benzene rings is 2. The predicted molar refractivity (Wildman–Crippen MR) is 74.7 cm³/mol. The second kappa shape index (κ2) is 5.85. The molecule has 100 valence electrons. The van der Waals surface area contributed by atoms with E-state index >= 15 is 0 Å². The van der Waals surface area contributed by atoms with E-state index in [4.69, 9.17) is 10.5 Å². The molecule has 3 heteroatoms. The summed E-state index contributed by atoms with van der Waals surface area (Å²) in [7, 11) is 0. The highest BCUT2D eigenvalue weighted by Crippen LogP contribution is 2.23. The third-order valence-corrected chi connectivity index (χ3v) is 3.04.